The molecule has 0 N–H and O–H groups in total. The smallest absolute Gasteiger partial charge is 0.188 e. The molecule has 1 aliphatic rings. The lowest BCUT2D eigenvalue weighted by Gasteiger charge is -2.28. The molecule has 170 valence electrons. The van der Waals surface area contributed by atoms with E-state index in [0.717, 1.165) is 5.56 Å². The van der Waals surface area contributed by atoms with Crippen molar-refractivity contribution >= 4 is 20.0 Å². The highest BCUT2D eigenvalue weighted by molar-refractivity contribution is 7.28. The lowest BCUT2D eigenvalue weighted by atomic mass is 9.81. The molecule has 2 unspecified atom stereocenters. The van der Waals surface area contributed by atoms with Crippen molar-refractivity contribution < 1.29 is 33.1 Å². The molecule has 0 aliphatic heterocycles. The summed E-state index contributed by atoms with van der Waals surface area (Å²) in [5.74, 6) is -0.266. The van der Waals surface area contributed by atoms with Crippen molar-refractivity contribution in [2.24, 2.45) is 5.92 Å². The fourth-order valence-corrected chi connectivity index (χ4v) is 5.33. The van der Waals surface area contributed by atoms with Crippen molar-refractivity contribution in [1.29, 1.82) is 0 Å². The molecule has 0 radical (unpaired) electrons. The van der Waals surface area contributed by atoms with Gasteiger partial charge in [0, 0.05) is 5.92 Å². The number of carbonyl (C=O) groups is 2. The Labute approximate surface area is 189 Å². The maximum atomic E-state index is 13.9. The van der Waals surface area contributed by atoms with Crippen LogP contribution in [0.2, 0.25) is 0 Å². The number of hydrogen-bond acceptors (Lipinski definition) is 7. The summed E-state index contributed by atoms with van der Waals surface area (Å²) in [6, 6.07) is 8.49. The van der Waals surface area contributed by atoms with E-state index in [4.69, 9.17) is 18.9 Å². The van der Waals surface area contributed by atoms with Crippen LogP contribution in [-0.2, 0) is 4.57 Å². The van der Waals surface area contributed by atoms with Crippen LogP contribution in [0.3, 0.4) is 0 Å². The molecule has 8 heteroatoms. The van der Waals surface area contributed by atoms with Gasteiger partial charge in [0.2, 0.25) is 0 Å². The second kappa shape index (κ2) is 9.70. The minimum Gasteiger partial charge on any atom is -0.496 e. The van der Waals surface area contributed by atoms with Gasteiger partial charge in [0.15, 0.2) is 20.0 Å². The summed E-state index contributed by atoms with van der Waals surface area (Å²) in [5, 5.41) is -1.45. The first-order valence-electron chi connectivity index (χ1n) is 10.3. The lowest BCUT2D eigenvalue weighted by molar-refractivity contribution is 0.0810. The Morgan fingerprint density at radius 2 is 1.44 bits per heavy atom. The molecule has 1 fully saturated rings. The molecule has 7 nitrogen and oxygen atoms in total. The Balaban J connectivity index is 2.16. The highest BCUT2D eigenvalue weighted by Crippen LogP contribution is 2.52. The van der Waals surface area contributed by atoms with E-state index >= 15 is 0 Å². The summed E-state index contributed by atoms with van der Waals surface area (Å²) in [4.78, 5) is 27.7. The number of methoxy groups -OCH3 is 4. The zero-order chi connectivity index (χ0) is 23.5. The largest absolute Gasteiger partial charge is 0.496 e. The monoisotopic (exact) mass is 458 g/mol. The van der Waals surface area contributed by atoms with E-state index in [1.165, 1.54) is 28.4 Å². The Bertz CT molecular complexity index is 1000. The van der Waals surface area contributed by atoms with E-state index < -0.39 is 25.3 Å². The van der Waals surface area contributed by atoms with Crippen LogP contribution in [0.1, 0.15) is 45.5 Å². The second-order valence-corrected chi connectivity index (χ2v) is 8.72. The average Bonchev–Trinajstić information content (AvgIpc) is 3.27. The van der Waals surface area contributed by atoms with Crippen LogP contribution < -0.4 is 18.9 Å². The molecular formula is C24H27O7P. The number of carbonyl (C=O) groups excluding carboxylic acids is 2. The van der Waals surface area contributed by atoms with Gasteiger partial charge >= 0.3 is 0 Å². The molecule has 2 aromatic carbocycles. The van der Waals surface area contributed by atoms with Crippen LogP contribution in [0.15, 0.2) is 30.3 Å². The van der Waals surface area contributed by atoms with E-state index in [0.29, 0.717) is 42.3 Å². The van der Waals surface area contributed by atoms with Gasteiger partial charge in [-0.1, -0.05) is 12.5 Å². The van der Waals surface area contributed by atoms with Gasteiger partial charge in [0.1, 0.15) is 39.3 Å². The molecule has 1 saturated carbocycles. The number of ether oxygens (including phenoxy) is 4. The Hall–Kier alpha value is -2.92. The summed E-state index contributed by atoms with van der Waals surface area (Å²) in [6.07, 6.45) is 1.29. The number of Topliss-reactive ketones (excluding diaryl/α,β-unsaturated/α-hetero) is 2. The van der Waals surface area contributed by atoms with Crippen LogP contribution in [0.4, 0.5) is 0 Å². The number of benzene rings is 2. The van der Waals surface area contributed by atoms with Crippen LogP contribution in [0.25, 0.3) is 0 Å². The summed E-state index contributed by atoms with van der Waals surface area (Å²) in [5.41, 5.74) is 1.28. The van der Waals surface area contributed by atoms with E-state index in [-0.39, 0.29) is 16.9 Å². The predicted octanol–water partition coefficient (Wildman–Crippen LogP) is 4.93. The molecule has 0 amide bonds. The van der Waals surface area contributed by atoms with Gasteiger partial charge in [-0.25, -0.2) is 0 Å². The minimum absolute atomic E-state index is 0.190. The maximum absolute atomic E-state index is 13.9. The zero-order valence-electron chi connectivity index (χ0n) is 18.9. The highest BCUT2D eigenvalue weighted by atomic mass is 31.1. The van der Waals surface area contributed by atoms with E-state index in [9.17, 15) is 14.2 Å². The second-order valence-electron chi connectivity index (χ2n) is 7.74. The molecule has 32 heavy (non-hydrogen) atoms. The Kier molecular flexibility index (Phi) is 7.19. The number of aryl methyl sites for hydroxylation is 1. The number of ketones is 2. The molecule has 0 aromatic heterocycles. The number of hydrogen-bond donors (Lipinski definition) is 0. The summed E-state index contributed by atoms with van der Waals surface area (Å²) < 4.78 is 34.4. The van der Waals surface area contributed by atoms with Crippen molar-refractivity contribution in [2.45, 2.75) is 31.3 Å². The molecule has 0 bridgehead atoms. The van der Waals surface area contributed by atoms with Gasteiger partial charge in [-0.15, -0.1) is 0 Å². The first-order valence-corrected chi connectivity index (χ1v) is 11.1. The fourth-order valence-electron chi connectivity index (χ4n) is 4.51. The van der Waals surface area contributed by atoms with Crippen molar-refractivity contribution in [3.63, 3.8) is 0 Å². The van der Waals surface area contributed by atoms with Gasteiger partial charge < -0.3 is 18.9 Å². The van der Waals surface area contributed by atoms with Gasteiger partial charge in [0.25, 0.3) is 0 Å². The maximum Gasteiger partial charge on any atom is 0.188 e. The molecule has 2 aromatic rings. The average molecular weight is 458 g/mol. The Morgan fingerprint density at radius 1 is 0.906 bits per heavy atom. The predicted molar refractivity (Wildman–Crippen MR) is 120 cm³/mol. The Morgan fingerprint density at radius 3 is 1.91 bits per heavy atom. The van der Waals surface area contributed by atoms with Crippen molar-refractivity contribution in [1.82, 2.24) is 0 Å². The van der Waals surface area contributed by atoms with Crippen molar-refractivity contribution in [3.05, 3.63) is 47.0 Å². The van der Waals surface area contributed by atoms with Crippen LogP contribution in [0, 0.1) is 12.8 Å². The van der Waals surface area contributed by atoms with Gasteiger partial charge in [-0.2, -0.15) is 0 Å². The summed E-state index contributed by atoms with van der Waals surface area (Å²) in [6.45, 7) is 1.86. The summed E-state index contributed by atoms with van der Waals surface area (Å²) >= 11 is 0. The van der Waals surface area contributed by atoms with Gasteiger partial charge in [-0.05, 0) is 49.6 Å². The topological polar surface area (TPSA) is 88.1 Å². The molecule has 0 saturated heterocycles. The van der Waals surface area contributed by atoms with Gasteiger partial charge in [0.05, 0.1) is 28.4 Å². The first-order chi connectivity index (χ1) is 15.4. The van der Waals surface area contributed by atoms with E-state index in [2.05, 4.69) is 0 Å². The van der Waals surface area contributed by atoms with E-state index in [1.807, 2.05) is 6.92 Å². The zero-order valence-corrected chi connectivity index (χ0v) is 19.8. The molecule has 0 heterocycles. The van der Waals surface area contributed by atoms with Crippen molar-refractivity contribution in [3.8, 4) is 23.0 Å². The third-order valence-electron chi connectivity index (χ3n) is 6.05. The van der Waals surface area contributed by atoms with Crippen LogP contribution in [0.5, 0.6) is 23.0 Å². The molecule has 3 rings (SSSR count). The summed E-state index contributed by atoms with van der Waals surface area (Å²) in [7, 11) is 5.43. The third-order valence-corrected chi connectivity index (χ3v) is 7.12. The normalized spacial score (nSPS) is 20.1. The third kappa shape index (κ3) is 3.86. The first kappa shape index (κ1) is 23.7. The molecular weight excluding hydrogens is 431 g/mol. The molecule has 0 spiro atoms. The van der Waals surface area contributed by atoms with Crippen LogP contribution in [-0.4, -0.2) is 45.2 Å². The van der Waals surface area contributed by atoms with Gasteiger partial charge in [-0.3, -0.25) is 14.2 Å². The highest BCUT2D eigenvalue weighted by Gasteiger charge is 2.55. The van der Waals surface area contributed by atoms with E-state index in [1.54, 1.807) is 30.3 Å². The fraction of sp³-hybridized carbons (Fsp3) is 0.417. The molecule has 1 aliphatic carbocycles. The van der Waals surface area contributed by atoms with Crippen LogP contribution >= 0.6 is 8.46 Å². The van der Waals surface area contributed by atoms with Crippen molar-refractivity contribution in [2.75, 3.05) is 28.4 Å². The lowest BCUT2D eigenvalue weighted by Crippen LogP contribution is -2.41. The minimum atomic E-state index is -1.45. The quantitative estimate of drug-likeness (QED) is 0.389. The number of rotatable bonds is 9. The molecule has 2 atom stereocenters. The SMILES string of the molecule is COc1cccc(OC)c1C(=O)C1CCCC1(P=O)C(=O)c1c(OC)cc(C)cc1OC. The standard InChI is InChI=1S/C24H27O7P/c1-14-12-18(30-4)21(19(13-14)31-5)23(26)24(32-27)11-7-8-15(24)22(25)20-16(28-2)9-6-10-17(20)29-3/h6,9-10,12-13,15H,7-8,11H2,1-5H3.